The van der Waals surface area contributed by atoms with Crippen LogP contribution in [0.4, 0.5) is 0 Å². The van der Waals surface area contributed by atoms with Crippen LogP contribution < -0.4 is 4.74 Å². The van der Waals surface area contributed by atoms with E-state index in [0.717, 1.165) is 28.2 Å². The first kappa shape index (κ1) is 24.7. The fourth-order valence-electron chi connectivity index (χ4n) is 4.38. The normalized spacial score (nSPS) is 16.7. The third-order valence-corrected chi connectivity index (χ3v) is 6.10. The second-order valence-electron chi connectivity index (χ2n) is 9.45. The summed E-state index contributed by atoms with van der Waals surface area (Å²) in [5, 5.41) is 0. The molecule has 1 N–H and O–H groups in total. The van der Waals surface area contributed by atoms with Gasteiger partial charge in [-0.25, -0.2) is 4.98 Å². The first-order valence-electron chi connectivity index (χ1n) is 12.1. The van der Waals surface area contributed by atoms with Gasteiger partial charge < -0.3 is 24.3 Å². The molecule has 1 fully saturated rings. The Kier molecular flexibility index (Phi) is 8.02. The summed E-state index contributed by atoms with van der Waals surface area (Å²) < 4.78 is 11.5. The molecule has 1 saturated heterocycles. The van der Waals surface area contributed by atoms with Crippen molar-refractivity contribution in [2.24, 2.45) is 5.92 Å². The number of carbonyl (C=O) groups is 2. The predicted octanol–water partition coefficient (Wildman–Crippen LogP) is 3.42. The molecule has 4 rings (SSSR count). The van der Waals surface area contributed by atoms with E-state index in [1.54, 1.807) is 12.0 Å². The Morgan fingerprint density at radius 3 is 2.77 bits per heavy atom. The van der Waals surface area contributed by atoms with E-state index >= 15 is 0 Å². The second kappa shape index (κ2) is 11.4. The highest BCUT2D eigenvalue weighted by Gasteiger charge is 2.31. The molecule has 2 aromatic carbocycles. The van der Waals surface area contributed by atoms with Crippen LogP contribution in [-0.4, -0.2) is 71.0 Å². The van der Waals surface area contributed by atoms with Crippen molar-refractivity contribution in [3.8, 4) is 5.75 Å². The zero-order valence-corrected chi connectivity index (χ0v) is 20.7. The van der Waals surface area contributed by atoms with Crippen molar-refractivity contribution in [3.05, 3.63) is 59.9 Å². The van der Waals surface area contributed by atoms with Gasteiger partial charge in [0.2, 0.25) is 11.8 Å². The molecule has 8 heteroatoms. The molecule has 2 amide bonds. The molecular weight excluding hydrogens is 444 g/mol. The molecule has 2 heterocycles. The van der Waals surface area contributed by atoms with E-state index in [9.17, 15) is 9.59 Å². The minimum absolute atomic E-state index is 0.0386. The van der Waals surface area contributed by atoms with Crippen LogP contribution in [-0.2, 0) is 27.4 Å². The molecule has 1 atom stereocenters. The van der Waals surface area contributed by atoms with Gasteiger partial charge in [0.25, 0.3) is 0 Å². The Morgan fingerprint density at radius 1 is 1.17 bits per heavy atom. The molecule has 35 heavy (non-hydrogen) atoms. The van der Waals surface area contributed by atoms with Crippen LogP contribution in [0.5, 0.6) is 5.75 Å². The van der Waals surface area contributed by atoms with Gasteiger partial charge in [0.15, 0.2) is 0 Å². The van der Waals surface area contributed by atoms with Gasteiger partial charge in [-0.15, -0.1) is 0 Å². The number of para-hydroxylation sites is 2. The number of hydrogen-bond donors (Lipinski definition) is 1. The SMILES string of the molecule is COc1cccc(CO[C@@H]2CN(C(=O)CCc3nc4ccccc4[nH]3)CC(=O)N(CC(C)C)C2)c1. The van der Waals surface area contributed by atoms with Gasteiger partial charge in [0.05, 0.1) is 37.4 Å². The number of carbonyl (C=O) groups excluding carboxylic acids is 2. The Labute approximate surface area is 206 Å². The first-order valence-corrected chi connectivity index (χ1v) is 12.1. The molecule has 0 saturated carbocycles. The monoisotopic (exact) mass is 478 g/mol. The third kappa shape index (κ3) is 6.60. The van der Waals surface area contributed by atoms with Crippen molar-refractivity contribution in [2.45, 2.75) is 39.4 Å². The Balaban J connectivity index is 1.42. The van der Waals surface area contributed by atoms with E-state index in [1.165, 1.54) is 0 Å². The summed E-state index contributed by atoms with van der Waals surface area (Å²) in [7, 11) is 1.63. The number of amides is 2. The fourth-order valence-corrected chi connectivity index (χ4v) is 4.38. The molecule has 1 aromatic heterocycles. The van der Waals surface area contributed by atoms with Crippen LogP contribution in [0.15, 0.2) is 48.5 Å². The minimum atomic E-state index is -0.276. The third-order valence-electron chi connectivity index (χ3n) is 6.10. The topological polar surface area (TPSA) is 87.8 Å². The van der Waals surface area contributed by atoms with E-state index in [-0.39, 0.29) is 30.9 Å². The Hall–Kier alpha value is -3.39. The quantitative estimate of drug-likeness (QED) is 0.509. The van der Waals surface area contributed by atoms with Crippen LogP contribution in [0.25, 0.3) is 11.0 Å². The number of fused-ring (bicyclic) bond motifs is 1. The molecule has 0 bridgehead atoms. The molecule has 0 aliphatic carbocycles. The molecule has 0 spiro atoms. The number of aryl methyl sites for hydroxylation is 1. The lowest BCUT2D eigenvalue weighted by Gasteiger charge is -2.26. The Bertz CT molecular complexity index is 1130. The van der Waals surface area contributed by atoms with E-state index < -0.39 is 0 Å². The molecule has 0 unspecified atom stereocenters. The highest BCUT2D eigenvalue weighted by molar-refractivity contribution is 5.85. The number of aromatic nitrogens is 2. The van der Waals surface area contributed by atoms with Crippen molar-refractivity contribution in [2.75, 3.05) is 33.3 Å². The maximum atomic E-state index is 13.2. The second-order valence-corrected chi connectivity index (χ2v) is 9.45. The van der Waals surface area contributed by atoms with E-state index in [2.05, 4.69) is 23.8 Å². The van der Waals surface area contributed by atoms with Gasteiger partial charge >= 0.3 is 0 Å². The van der Waals surface area contributed by atoms with Gasteiger partial charge in [-0.1, -0.05) is 38.1 Å². The molecule has 3 aromatic rings. The predicted molar refractivity (Wildman–Crippen MR) is 134 cm³/mol. The summed E-state index contributed by atoms with van der Waals surface area (Å²) in [6.45, 7) is 6.11. The van der Waals surface area contributed by atoms with Crippen molar-refractivity contribution < 1.29 is 19.1 Å². The van der Waals surface area contributed by atoms with Crippen LogP contribution in [0.2, 0.25) is 0 Å². The number of nitrogens with one attached hydrogen (secondary N) is 1. The lowest BCUT2D eigenvalue weighted by Crippen LogP contribution is -2.40. The van der Waals surface area contributed by atoms with E-state index in [0.29, 0.717) is 38.6 Å². The minimum Gasteiger partial charge on any atom is -0.497 e. The maximum absolute atomic E-state index is 13.2. The number of imidazole rings is 1. The average molecular weight is 479 g/mol. The van der Waals surface area contributed by atoms with Gasteiger partial charge in [0.1, 0.15) is 11.6 Å². The molecule has 0 radical (unpaired) electrons. The number of H-pyrrole nitrogens is 1. The van der Waals surface area contributed by atoms with Crippen LogP contribution in [0, 0.1) is 5.92 Å². The van der Waals surface area contributed by atoms with Gasteiger partial charge in [-0.3, -0.25) is 9.59 Å². The van der Waals surface area contributed by atoms with Gasteiger partial charge in [0, 0.05) is 32.5 Å². The zero-order chi connectivity index (χ0) is 24.8. The summed E-state index contributed by atoms with van der Waals surface area (Å²) >= 11 is 0. The largest absolute Gasteiger partial charge is 0.497 e. The molecular formula is C27H34N4O4. The molecule has 1 aliphatic rings. The average Bonchev–Trinajstić information content (AvgIpc) is 3.20. The van der Waals surface area contributed by atoms with E-state index in [1.807, 2.05) is 53.4 Å². The van der Waals surface area contributed by atoms with Crippen molar-refractivity contribution in [3.63, 3.8) is 0 Å². The molecule has 8 nitrogen and oxygen atoms in total. The van der Waals surface area contributed by atoms with Crippen LogP contribution >= 0.6 is 0 Å². The number of methoxy groups -OCH3 is 1. The smallest absolute Gasteiger partial charge is 0.242 e. The fraction of sp³-hybridized carbons (Fsp3) is 0.444. The number of hydrogen-bond acceptors (Lipinski definition) is 5. The lowest BCUT2D eigenvalue weighted by molar-refractivity contribution is -0.139. The molecule has 186 valence electrons. The van der Waals surface area contributed by atoms with Crippen molar-refractivity contribution >= 4 is 22.8 Å². The van der Waals surface area contributed by atoms with Crippen LogP contribution in [0.1, 0.15) is 31.7 Å². The number of benzene rings is 2. The first-order chi connectivity index (χ1) is 16.9. The summed E-state index contributed by atoms with van der Waals surface area (Å²) in [5.41, 5.74) is 2.82. The highest BCUT2D eigenvalue weighted by Crippen LogP contribution is 2.17. The number of ether oxygens (including phenoxy) is 2. The lowest BCUT2D eigenvalue weighted by atomic mass is 10.2. The van der Waals surface area contributed by atoms with E-state index in [4.69, 9.17) is 9.47 Å². The maximum Gasteiger partial charge on any atom is 0.242 e. The summed E-state index contributed by atoms with van der Waals surface area (Å²) in [6, 6.07) is 15.5. The van der Waals surface area contributed by atoms with Gasteiger partial charge in [-0.2, -0.15) is 0 Å². The zero-order valence-electron chi connectivity index (χ0n) is 20.7. The molecule has 1 aliphatic heterocycles. The van der Waals surface area contributed by atoms with Crippen molar-refractivity contribution in [1.29, 1.82) is 0 Å². The van der Waals surface area contributed by atoms with Crippen molar-refractivity contribution in [1.82, 2.24) is 19.8 Å². The number of rotatable bonds is 9. The highest BCUT2D eigenvalue weighted by atomic mass is 16.5. The summed E-state index contributed by atoms with van der Waals surface area (Å²) in [6.07, 6.45) is 0.491. The summed E-state index contributed by atoms with van der Waals surface area (Å²) in [5.74, 6) is 1.76. The van der Waals surface area contributed by atoms with Crippen LogP contribution in [0.3, 0.4) is 0 Å². The van der Waals surface area contributed by atoms with Gasteiger partial charge in [-0.05, 0) is 35.7 Å². The Morgan fingerprint density at radius 2 is 2.00 bits per heavy atom. The number of nitrogens with zero attached hydrogens (tertiary/aromatic N) is 3. The number of aromatic amines is 1. The summed E-state index contributed by atoms with van der Waals surface area (Å²) in [4.78, 5) is 37.5. The standard InChI is InChI=1S/C27H34N4O4/c1-19(2)14-30-15-22(35-18-20-7-6-8-21(13-20)34-3)16-31(17-27(30)33)26(32)12-11-25-28-23-9-4-5-10-24(23)29-25/h4-10,13,19,22H,11-12,14-18H2,1-3H3,(H,28,29)/t22-/m0/s1.